The summed E-state index contributed by atoms with van der Waals surface area (Å²) in [5.41, 5.74) is 1.86. The SMILES string of the molecule is O=C(O)c1ccc(-n2ncc3cc([C@@H](O)COC4CCC4)cnc32)cn1. The molecule has 8 heteroatoms. The van der Waals surface area contributed by atoms with E-state index in [9.17, 15) is 9.90 Å². The third-order valence-electron chi connectivity index (χ3n) is 4.57. The van der Waals surface area contributed by atoms with Gasteiger partial charge in [0.15, 0.2) is 5.65 Å². The molecule has 0 amide bonds. The zero-order valence-electron chi connectivity index (χ0n) is 13.9. The molecule has 2 N–H and O–H groups in total. The highest BCUT2D eigenvalue weighted by molar-refractivity contribution is 5.85. The summed E-state index contributed by atoms with van der Waals surface area (Å²) in [6, 6.07) is 4.88. The maximum Gasteiger partial charge on any atom is 0.354 e. The van der Waals surface area contributed by atoms with Gasteiger partial charge in [-0.2, -0.15) is 5.10 Å². The number of ether oxygens (including phenoxy) is 1. The van der Waals surface area contributed by atoms with Crippen LogP contribution in [0.25, 0.3) is 16.7 Å². The van der Waals surface area contributed by atoms with Crippen molar-refractivity contribution in [3.63, 3.8) is 0 Å². The second-order valence-electron chi connectivity index (χ2n) is 6.35. The van der Waals surface area contributed by atoms with Crippen LogP contribution in [0.5, 0.6) is 0 Å². The number of carboxylic acids is 1. The Kier molecular flexibility index (Phi) is 4.36. The van der Waals surface area contributed by atoms with Gasteiger partial charge in [-0.3, -0.25) is 0 Å². The fourth-order valence-corrected chi connectivity index (χ4v) is 2.81. The summed E-state index contributed by atoms with van der Waals surface area (Å²) in [6.07, 6.45) is 7.54. The highest BCUT2D eigenvalue weighted by atomic mass is 16.5. The monoisotopic (exact) mass is 354 g/mol. The standard InChI is InChI=1S/C18H18N4O4/c23-16(10-26-14-2-1-3-14)11-6-12-8-21-22(17(12)20-7-11)13-4-5-15(18(24)25)19-9-13/h4-9,14,16,23H,1-3,10H2,(H,24,25)/t16-/m0/s1. The van der Waals surface area contributed by atoms with E-state index in [1.807, 2.05) is 6.07 Å². The van der Waals surface area contributed by atoms with E-state index in [0.717, 1.165) is 18.2 Å². The van der Waals surface area contributed by atoms with Gasteiger partial charge in [0, 0.05) is 17.1 Å². The Balaban J connectivity index is 1.55. The second-order valence-corrected chi connectivity index (χ2v) is 6.35. The van der Waals surface area contributed by atoms with E-state index < -0.39 is 12.1 Å². The molecule has 1 saturated carbocycles. The lowest BCUT2D eigenvalue weighted by atomic mass is 9.96. The highest BCUT2D eigenvalue weighted by Crippen LogP contribution is 2.25. The summed E-state index contributed by atoms with van der Waals surface area (Å²) in [6.45, 7) is 0.257. The number of hydrogen-bond donors (Lipinski definition) is 2. The van der Waals surface area contributed by atoms with Crippen LogP contribution >= 0.6 is 0 Å². The van der Waals surface area contributed by atoms with E-state index in [2.05, 4.69) is 15.1 Å². The van der Waals surface area contributed by atoms with E-state index in [1.165, 1.54) is 18.7 Å². The summed E-state index contributed by atoms with van der Waals surface area (Å²) < 4.78 is 7.23. The summed E-state index contributed by atoms with van der Waals surface area (Å²) in [4.78, 5) is 19.2. The molecule has 0 spiro atoms. The fraction of sp³-hybridized carbons (Fsp3) is 0.333. The van der Waals surface area contributed by atoms with E-state index in [4.69, 9.17) is 9.84 Å². The molecule has 0 aromatic carbocycles. The molecule has 0 bridgehead atoms. The van der Waals surface area contributed by atoms with Gasteiger partial charge in [0.2, 0.25) is 0 Å². The van der Waals surface area contributed by atoms with Crippen LogP contribution in [-0.2, 0) is 4.74 Å². The van der Waals surface area contributed by atoms with Crippen LogP contribution in [-0.4, -0.2) is 48.6 Å². The minimum atomic E-state index is -1.08. The third kappa shape index (κ3) is 3.16. The molecule has 0 saturated heterocycles. The average molecular weight is 354 g/mol. The van der Waals surface area contributed by atoms with Crippen molar-refractivity contribution in [2.75, 3.05) is 6.61 Å². The molecule has 134 valence electrons. The van der Waals surface area contributed by atoms with Gasteiger partial charge in [0.1, 0.15) is 11.8 Å². The second kappa shape index (κ2) is 6.81. The molecule has 0 aliphatic heterocycles. The lowest BCUT2D eigenvalue weighted by Crippen LogP contribution is -2.24. The van der Waals surface area contributed by atoms with Crippen LogP contribution in [0.3, 0.4) is 0 Å². The summed E-state index contributed by atoms with van der Waals surface area (Å²) >= 11 is 0. The number of fused-ring (bicyclic) bond motifs is 1. The van der Waals surface area contributed by atoms with E-state index >= 15 is 0 Å². The third-order valence-corrected chi connectivity index (χ3v) is 4.57. The van der Waals surface area contributed by atoms with Crippen LogP contribution in [0, 0.1) is 0 Å². The normalized spacial score (nSPS) is 15.7. The maximum atomic E-state index is 10.9. The molecule has 0 unspecified atom stereocenters. The molecule has 0 radical (unpaired) electrons. The van der Waals surface area contributed by atoms with Crippen LogP contribution in [0.1, 0.15) is 41.4 Å². The number of hydrogen-bond acceptors (Lipinski definition) is 6. The number of aromatic nitrogens is 4. The van der Waals surface area contributed by atoms with Crippen molar-refractivity contribution in [2.45, 2.75) is 31.5 Å². The lowest BCUT2D eigenvalue weighted by Gasteiger charge is -2.26. The van der Waals surface area contributed by atoms with Gasteiger partial charge < -0.3 is 14.9 Å². The number of aliphatic hydroxyl groups is 1. The zero-order chi connectivity index (χ0) is 18.1. The van der Waals surface area contributed by atoms with Crippen molar-refractivity contribution in [1.82, 2.24) is 19.7 Å². The number of rotatable bonds is 6. The van der Waals surface area contributed by atoms with E-state index in [0.29, 0.717) is 16.9 Å². The predicted octanol–water partition coefficient (Wildman–Crippen LogP) is 2.12. The van der Waals surface area contributed by atoms with Gasteiger partial charge >= 0.3 is 5.97 Å². The Morgan fingerprint density at radius 1 is 1.27 bits per heavy atom. The molecule has 1 aliphatic rings. The van der Waals surface area contributed by atoms with Gasteiger partial charge in [0.05, 0.1) is 30.8 Å². The van der Waals surface area contributed by atoms with Gasteiger partial charge in [0.25, 0.3) is 0 Å². The quantitative estimate of drug-likeness (QED) is 0.697. The molecule has 4 rings (SSSR count). The van der Waals surface area contributed by atoms with Gasteiger partial charge in [-0.25, -0.2) is 19.4 Å². The fourth-order valence-electron chi connectivity index (χ4n) is 2.81. The Labute approximate surface area is 149 Å². The van der Waals surface area contributed by atoms with Crippen molar-refractivity contribution in [3.8, 4) is 5.69 Å². The largest absolute Gasteiger partial charge is 0.477 e. The molecule has 3 aromatic rings. The van der Waals surface area contributed by atoms with Crippen molar-refractivity contribution < 1.29 is 19.7 Å². The van der Waals surface area contributed by atoms with E-state index in [1.54, 1.807) is 23.1 Å². The first kappa shape index (κ1) is 16.6. The van der Waals surface area contributed by atoms with Crippen molar-refractivity contribution in [3.05, 3.63) is 48.0 Å². The minimum Gasteiger partial charge on any atom is -0.477 e. The summed E-state index contributed by atoms with van der Waals surface area (Å²) in [5, 5.41) is 24.3. The summed E-state index contributed by atoms with van der Waals surface area (Å²) in [5.74, 6) is -1.08. The van der Waals surface area contributed by atoms with Gasteiger partial charge in [-0.15, -0.1) is 0 Å². The smallest absolute Gasteiger partial charge is 0.354 e. The highest BCUT2D eigenvalue weighted by Gasteiger charge is 2.20. The maximum absolute atomic E-state index is 10.9. The van der Waals surface area contributed by atoms with Gasteiger partial charge in [-0.1, -0.05) is 0 Å². The molecule has 26 heavy (non-hydrogen) atoms. The number of aromatic carboxylic acids is 1. The first-order valence-corrected chi connectivity index (χ1v) is 8.45. The van der Waals surface area contributed by atoms with Crippen LogP contribution < -0.4 is 0 Å². The molecule has 8 nitrogen and oxygen atoms in total. The summed E-state index contributed by atoms with van der Waals surface area (Å²) in [7, 11) is 0. The number of aliphatic hydroxyl groups excluding tert-OH is 1. The first-order valence-electron chi connectivity index (χ1n) is 8.45. The molecule has 1 aliphatic carbocycles. The minimum absolute atomic E-state index is 0.0324. The predicted molar refractivity (Wildman–Crippen MR) is 92.2 cm³/mol. The van der Waals surface area contributed by atoms with Gasteiger partial charge in [-0.05, 0) is 37.5 Å². The Morgan fingerprint density at radius 2 is 2.12 bits per heavy atom. The van der Waals surface area contributed by atoms with Crippen LogP contribution in [0.4, 0.5) is 0 Å². The number of nitrogens with zero attached hydrogens (tertiary/aromatic N) is 4. The van der Waals surface area contributed by atoms with Crippen molar-refractivity contribution in [1.29, 1.82) is 0 Å². The first-order chi connectivity index (χ1) is 12.6. The molecule has 1 atom stereocenters. The molecule has 3 aromatic heterocycles. The lowest BCUT2D eigenvalue weighted by molar-refractivity contribution is -0.0427. The van der Waals surface area contributed by atoms with Crippen LogP contribution in [0.15, 0.2) is 36.8 Å². The van der Waals surface area contributed by atoms with E-state index in [-0.39, 0.29) is 18.4 Å². The van der Waals surface area contributed by atoms with Crippen molar-refractivity contribution >= 4 is 17.0 Å². The Morgan fingerprint density at radius 3 is 2.77 bits per heavy atom. The Bertz CT molecular complexity index is 934. The molecule has 1 fully saturated rings. The number of carbonyl (C=O) groups is 1. The molecular formula is C18H18N4O4. The van der Waals surface area contributed by atoms with Crippen LogP contribution in [0.2, 0.25) is 0 Å². The topological polar surface area (TPSA) is 110 Å². The zero-order valence-corrected chi connectivity index (χ0v) is 13.9. The number of carboxylic acid groups (broad SMARTS) is 1. The Hall–Kier alpha value is -2.84. The average Bonchev–Trinajstić information content (AvgIpc) is 3.03. The molecular weight excluding hydrogens is 336 g/mol. The molecule has 3 heterocycles. The number of pyridine rings is 2. The van der Waals surface area contributed by atoms with Crippen molar-refractivity contribution in [2.24, 2.45) is 0 Å².